The third kappa shape index (κ3) is 2.32. The second kappa shape index (κ2) is 5.85. The monoisotopic (exact) mass is 247 g/mol. The topological polar surface area (TPSA) is 12.5 Å². The van der Waals surface area contributed by atoms with Gasteiger partial charge >= 0.3 is 0 Å². The smallest absolute Gasteiger partial charge is 0.0989 e. The molecule has 1 saturated carbocycles. The molecule has 2 aliphatic rings. The Hall–Kier alpha value is -0.860. The van der Waals surface area contributed by atoms with Crippen LogP contribution in [-0.2, 0) is 16.7 Å². The molecule has 0 N–H and O–H groups in total. The van der Waals surface area contributed by atoms with Crippen LogP contribution in [0.1, 0.15) is 44.2 Å². The maximum atomic E-state index is 5.28. The molecular formula is C16H25NO. The van der Waals surface area contributed by atoms with E-state index in [0.717, 1.165) is 13.3 Å². The van der Waals surface area contributed by atoms with E-state index in [0.29, 0.717) is 5.41 Å². The minimum Gasteiger partial charge on any atom is -0.369 e. The van der Waals surface area contributed by atoms with Gasteiger partial charge in [-0.3, -0.25) is 4.90 Å². The van der Waals surface area contributed by atoms with E-state index >= 15 is 0 Å². The lowest BCUT2D eigenvalue weighted by Crippen LogP contribution is -2.50. The number of benzene rings is 1. The number of nitrogens with zero attached hydrogens (tertiary/aromatic N) is 1. The summed E-state index contributed by atoms with van der Waals surface area (Å²) >= 11 is 0. The Kier molecular flexibility index (Phi) is 4.41. The van der Waals surface area contributed by atoms with Gasteiger partial charge in [-0.05, 0) is 24.0 Å². The van der Waals surface area contributed by atoms with Crippen LogP contribution in [0.5, 0.6) is 0 Å². The molecule has 1 heterocycles. The molecule has 1 aliphatic heterocycles. The fraction of sp³-hybridized carbons (Fsp3) is 0.625. The quantitative estimate of drug-likeness (QED) is 0.792. The van der Waals surface area contributed by atoms with Crippen molar-refractivity contribution < 1.29 is 4.74 Å². The van der Waals surface area contributed by atoms with E-state index in [2.05, 4.69) is 29.2 Å². The summed E-state index contributed by atoms with van der Waals surface area (Å²) in [6, 6.07) is 8.95. The minimum absolute atomic E-state index is 0.452. The van der Waals surface area contributed by atoms with Gasteiger partial charge in [0.2, 0.25) is 0 Å². The Labute approximate surface area is 111 Å². The molecule has 18 heavy (non-hydrogen) atoms. The van der Waals surface area contributed by atoms with Crippen molar-refractivity contribution in [1.82, 2.24) is 4.90 Å². The Morgan fingerprint density at radius 1 is 1.22 bits per heavy atom. The average Bonchev–Trinajstić information content (AvgIpc) is 2.38. The summed E-state index contributed by atoms with van der Waals surface area (Å²) < 4.78 is 5.28. The molecule has 0 unspecified atom stereocenters. The predicted octanol–water partition coefficient (Wildman–Crippen LogP) is 3.55. The summed E-state index contributed by atoms with van der Waals surface area (Å²) in [7, 11) is 1.79. The van der Waals surface area contributed by atoms with Crippen LogP contribution in [0.3, 0.4) is 0 Å². The third-order valence-electron chi connectivity index (χ3n) is 4.13. The van der Waals surface area contributed by atoms with Gasteiger partial charge in [-0.15, -0.1) is 0 Å². The van der Waals surface area contributed by atoms with Crippen molar-refractivity contribution in [3.05, 3.63) is 35.4 Å². The van der Waals surface area contributed by atoms with Gasteiger partial charge < -0.3 is 4.74 Å². The Bertz CT molecular complexity index is 384. The van der Waals surface area contributed by atoms with Crippen molar-refractivity contribution in [2.75, 3.05) is 20.4 Å². The molecule has 0 radical (unpaired) electrons. The highest BCUT2D eigenvalue weighted by molar-refractivity contribution is 5.38. The summed E-state index contributed by atoms with van der Waals surface area (Å²) in [5.74, 6) is 0. The van der Waals surface area contributed by atoms with Crippen LogP contribution in [0, 0.1) is 0 Å². The van der Waals surface area contributed by atoms with Crippen molar-refractivity contribution in [2.45, 2.75) is 45.1 Å². The van der Waals surface area contributed by atoms with Crippen LogP contribution < -0.4 is 0 Å². The number of rotatable bonds is 2. The molecular weight excluding hydrogens is 222 g/mol. The molecule has 1 fully saturated rings. The van der Waals surface area contributed by atoms with Crippen LogP contribution in [-0.4, -0.2) is 25.3 Å². The van der Waals surface area contributed by atoms with Crippen LogP contribution >= 0.6 is 0 Å². The van der Waals surface area contributed by atoms with E-state index in [1.807, 2.05) is 13.8 Å². The maximum Gasteiger partial charge on any atom is 0.0989 e. The average molecular weight is 247 g/mol. The number of ether oxygens (including phenoxy) is 1. The lowest BCUT2D eigenvalue weighted by molar-refractivity contribution is 0.0151. The largest absolute Gasteiger partial charge is 0.369 e. The molecule has 0 atom stereocenters. The maximum absolute atomic E-state index is 5.28. The van der Waals surface area contributed by atoms with Gasteiger partial charge in [-0.25, -0.2) is 0 Å². The van der Waals surface area contributed by atoms with Crippen LogP contribution in [0.15, 0.2) is 24.3 Å². The van der Waals surface area contributed by atoms with E-state index in [4.69, 9.17) is 4.74 Å². The molecule has 100 valence electrons. The molecule has 0 bridgehead atoms. The Morgan fingerprint density at radius 2 is 1.94 bits per heavy atom. The molecule has 2 heteroatoms. The van der Waals surface area contributed by atoms with Gasteiger partial charge in [-0.2, -0.15) is 0 Å². The van der Waals surface area contributed by atoms with Gasteiger partial charge in [0.1, 0.15) is 0 Å². The molecule has 1 aromatic carbocycles. The number of fused-ring (bicyclic) bond motifs is 2. The Balaban J connectivity index is 0.000000574. The summed E-state index contributed by atoms with van der Waals surface area (Å²) in [5, 5.41) is 0. The van der Waals surface area contributed by atoms with E-state index in [1.165, 1.54) is 31.4 Å². The zero-order valence-electron chi connectivity index (χ0n) is 11.9. The fourth-order valence-electron chi connectivity index (χ4n) is 3.29. The van der Waals surface area contributed by atoms with Crippen LogP contribution in [0.4, 0.5) is 0 Å². The van der Waals surface area contributed by atoms with Gasteiger partial charge in [0.05, 0.1) is 6.73 Å². The van der Waals surface area contributed by atoms with Crippen LogP contribution in [0.25, 0.3) is 0 Å². The lowest BCUT2D eigenvalue weighted by Gasteiger charge is -2.49. The van der Waals surface area contributed by atoms with Crippen molar-refractivity contribution in [3.8, 4) is 0 Å². The second-order valence-electron chi connectivity index (χ2n) is 5.20. The first-order valence-electron chi connectivity index (χ1n) is 7.14. The second-order valence-corrected chi connectivity index (χ2v) is 5.20. The van der Waals surface area contributed by atoms with E-state index in [1.54, 1.807) is 12.7 Å². The highest BCUT2D eigenvalue weighted by atomic mass is 16.5. The Morgan fingerprint density at radius 3 is 2.56 bits per heavy atom. The highest BCUT2D eigenvalue weighted by Crippen LogP contribution is 2.48. The number of methoxy groups -OCH3 is 1. The third-order valence-corrected chi connectivity index (χ3v) is 4.13. The predicted molar refractivity (Wildman–Crippen MR) is 75.6 cm³/mol. The van der Waals surface area contributed by atoms with Crippen molar-refractivity contribution in [2.24, 2.45) is 0 Å². The standard InChI is InChI=1S/C14H19NO.C2H6/c1-16-11-15-9-12-5-2-3-6-13(12)14(10-15)7-4-8-14;1-2/h2-3,5-6H,4,7-11H2,1H3;1-2H3. The van der Waals surface area contributed by atoms with Crippen molar-refractivity contribution >= 4 is 0 Å². The van der Waals surface area contributed by atoms with Crippen LogP contribution in [0.2, 0.25) is 0 Å². The van der Waals surface area contributed by atoms with E-state index < -0.39 is 0 Å². The zero-order chi connectivity index (χ0) is 13.0. The first-order valence-corrected chi connectivity index (χ1v) is 7.14. The molecule has 0 saturated heterocycles. The molecule has 1 aliphatic carbocycles. The zero-order valence-corrected chi connectivity index (χ0v) is 11.9. The molecule has 1 spiro atoms. The molecule has 1 aromatic rings. The first-order chi connectivity index (χ1) is 8.84. The highest BCUT2D eigenvalue weighted by Gasteiger charge is 2.43. The summed E-state index contributed by atoms with van der Waals surface area (Å²) in [5.41, 5.74) is 3.56. The summed E-state index contributed by atoms with van der Waals surface area (Å²) in [4.78, 5) is 2.43. The summed E-state index contributed by atoms with van der Waals surface area (Å²) in [6.45, 7) is 6.99. The van der Waals surface area contributed by atoms with Gasteiger partial charge in [0, 0.05) is 25.6 Å². The fourth-order valence-corrected chi connectivity index (χ4v) is 3.29. The van der Waals surface area contributed by atoms with Crippen molar-refractivity contribution in [3.63, 3.8) is 0 Å². The molecule has 0 amide bonds. The number of hydrogen-bond donors (Lipinski definition) is 0. The lowest BCUT2D eigenvalue weighted by atomic mass is 9.61. The van der Waals surface area contributed by atoms with Gasteiger partial charge in [-0.1, -0.05) is 44.5 Å². The molecule has 0 aromatic heterocycles. The summed E-state index contributed by atoms with van der Waals surface area (Å²) in [6.07, 6.45) is 4.09. The normalized spacial score (nSPS) is 20.6. The molecule has 3 rings (SSSR count). The van der Waals surface area contributed by atoms with E-state index in [9.17, 15) is 0 Å². The van der Waals surface area contributed by atoms with Crippen molar-refractivity contribution in [1.29, 1.82) is 0 Å². The van der Waals surface area contributed by atoms with Gasteiger partial charge in [0.25, 0.3) is 0 Å². The first kappa shape index (κ1) is 13.6. The van der Waals surface area contributed by atoms with Gasteiger partial charge in [0.15, 0.2) is 0 Å². The SMILES string of the molecule is CC.COCN1Cc2ccccc2C2(CCC2)C1. The van der Waals surface area contributed by atoms with E-state index in [-0.39, 0.29) is 0 Å². The molecule has 2 nitrogen and oxygen atoms in total. The number of hydrogen-bond acceptors (Lipinski definition) is 2. The minimum atomic E-state index is 0.452.